The second kappa shape index (κ2) is 61.6. The third kappa shape index (κ3) is 64.9. The quantitative estimate of drug-likeness (QED) is 0.0416. The largest absolute Gasteiger partial charge is 0.332 e. The first-order valence-electron chi connectivity index (χ1n) is 28.1. The molecule has 0 aliphatic heterocycles. The van der Waals surface area contributed by atoms with Crippen LogP contribution in [-0.2, 0) is 13.6 Å². The smallest absolute Gasteiger partial charge is 0.328 e. The average Bonchev–Trinajstić information content (AvgIpc) is 3.26. The lowest BCUT2D eigenvalue weighted by Crippen LogP contribution is -2.00. The number of hydrogen-bond acceptors (Lipinski definition) is 6. The van der Waals surface area contributed by atoms with Crippen molar-refractivity contribution in [3.05, 3.63) is 0 Å². The molecule has 376 valence electrons. The van der Waals surface area contributed by atoms with E-state index in [1.54, 1.807) is 0 Å². The molecular formula is C54H114O6P2. The fourth-order valence-electron chi connectivity index (χ4n) is 8.48. The van der Waals surface area contributed by atoms with Crippen LogP contribution in [-0.4, -0.2) is 34.5 Å². The van der Waals surface area contributed by atoms with Gasteiger partial charge in [0, 0.05) is 0 Å². The van der Waals surface area contributed by atoms with Crippen LogP contribution in [0, 0.1) is 0 Å². The van der Waals surface area contributed by atoms with Crippen LogP contribution in [0.5, 0.6) is 0 Å². The maximum Gasteiger partial charge on any atom is 0.332 e. The predicted octanol–water partition coefficient (Wildman–Crippen LogP) is 20.2. The lowest BCUT2D eigenvalue weighted by molar-refractivity contribution is 0.153. The van der Waals surface area contributed by atoms with E-state index in [1.807, 2.05) is 0 Å². The molecule has 6 nitrogen and oxygen atoms in total. The van der Waals surface area contributed by atoms with Crippen LogP contribution < -0.4 is 0 Å². The van der Waals surface area contributed by atoms with Crippen LogP contribution >= 0.6 is 17.2 Å². The second-order valence-corrected chi connectivity index (χ2v) is 20.7. The summed E-state index contributed by atoms with van der Waals surface area (Å²) >= 11 is 0. The first-order valence-corrected chi connectivity index (χ1v) is 30.4. The zero-order valence-corrected chi connectivity index (χ0v) is 44.3. The molecule has 0 spiro atoms. The molecule has 0 aromatic heterocycles. The van der Waals surface area contributed by atoms with Gasteiger partial charge in [-0.1, -0.05) is 310 Å². The summed E-state index contributed by atoms with van der Waals surface area (Å²) in [6.45, 7) is 9.30. The SMILES string of the molecule is CCCCCCCCCCCCCCCCCCOP(OCCCCCCCCCCCCCCCCCC)OCCCCCCCCCCCCCCCCCC.OP(O)O. The van der Waals surface area contributed by atoms with Gasteiger partial charge in [0.2, 0.25) is 0 Å². The van der Waals surface area contributed by atoms with E-state index in [9.17, 15) is 0 Å². The lowest BCUT2D eigenvalue weighted by atomic mass is 10.0. The molecule has 0 aromatic carbocycles. The highest BCUT2D eigenvalue weighted by molar-refractivity contribution is 7.41. The minimum atomic E-state index is -2.62. The Balaban J connectivity index is 0. The van der Waals surface area contributed by atoms with Gasteiger partial charge in [-0.3, -0.25) is 0 Å². The predicted molar refractivity (Wildman–Crippen MR) is 277 cm³/mol. The molecule has 0 unspecified atom stereocenters. The highest BCUT2D eigenvalue weighted by atomic mass is 31.2. The van der Waals surface area contributed by atoms with Crippen molar-refractivity contribution in [3.63, 3.8) is 0 Å². The maximum absolute atomic E-state index is 7.23. The Labute approximate surface area is 392 Å². The van der Waals surface area contributed by atoms with Crippen molar-refractivity contribution < 1.29 is 28.3 Å². The van der Waals surface area contributed by atoms with Crippen LogP contribution in [0.25, 0.3) is 0 Å². The number of rotatable bonds is 54. The normalized spacial score (nSPS) is 11.6. The fourth-order valence-corrected chi connectivity index (χ4v) is 9.54. The molecule has 8 heteroatoms. The summed E-state index contributed by atoms with van der Waals surface area (Å²) in [5.41, 5.74) is 0. The maximum atomic E-state index is 7.23. The molecule has 0 atom stereocenters. The Kier molecular flexibility index (Phi) is 64.3. The standard InChI is InChI=1S/C54H111O3P.H3O3P/c1-4-7-10-13-16-19-22-25-28-31-34-37-40-43-46-49-52-55-58(56-53-50-47-44-41-38-35-32-29-26-23-20-17-14-11-8-5-2)57-54-51-48-45-42-39-36-33-30-27-24-21-18-15-12-9-6-3;1-4(2)3/h4-54H2,1-3H3;1-3H. The summed E-state index contributed by atoms with van der Waals surface area (Å²) < 4.78 is 18.7. The molecule has 0 aliphatic carbocycles. The first-order chi connectivity index (χ1) is 30.6. The van der Waals surface area contributed by atoms with Gasteiger partial charge in [0.1, 0.15) is 0 Å². The van der Waals surface area contributed by atoms with Crippen LogP contribution in [0.15, 0.2) is 0 Å². The Morgan fingerprint density at radius 2 is 0.323 bits per heavy atom. The van der Waals surface area contributed by atoms with E-state index in [0.717, 1.165) is 39.1 Å². The van der Waals surface area contributed by atoms with Crippen molar-refractivity contribution in [2.75, 3.05) is 19.8 Å². The molecule has 0 bridgehead atoms. The average molecular weight is 921 g/mol. The van der Waals surface area contributed by atoms with Crippen LogP contribution in [0.4, 0.5) is 0 Å². The third-order valence-electron chi connectivity index (χ3n) is 12.6. The van der Waals surface area contributed by atoms with Gasteiger partial charge in [0.05, 0.1) is 19.8 Å². The van der Waals surface area contributed by atoms with Crippen molar-refractivity contribution in [1.29, 1.82) is 0 Å². The monoisotopic (exact) mass is 921 g/mol. The van der Waals surface area contributed by atoms with E-state index in [1.165, 1.54) is 289 Å². The van der Waals surface area contributed by atoms with Gasteiger partial charge in [-0.15, -0.1) is 0 Å². The van der Waals surface area contributed by atoms with Crippen LogP contribution in [0.1, 0.15) is 329 Å². The molecule has 0 amide bonds. The van der Waals surface area contributed by atoms with Gasteiger partial charge in [-0.05, 0) is 19.3 Å². The number of hydrogen-bond donors (Lipinski definition) is 3. The highest BCUT2D eigenvalue weighted by Crippen LogP contribution is 2.40. The summed E-state index contributed by atoms with van der Waals surface area (Å²) in [4.78, 5) is 21.7. The summed E-state index contributed by atoms with van der Waals surface area (Å²) in [6, 6.07) is 0. The van der Waals surface area contributed by atoms with Gasteiger partial charge in [-0.25, -0.2) is 0 Å². The zero-order chi connectivity index (χ0) is 45.3. The molecular weight excluding hydrogens is 807 g/mol. The minimum Gasteiger partial charge on any atom is -0.328 e. The minimum absolute atomic E-state index is 0.794. The van der Waals surface area contributed by atoms with E-state index in [2.05, 4.69) is 20.8 Å². The van der Waals surface area contributed by atoms with Crippen molar-refractivity contribution in [2.24, 2.45) is 0 Å². The molecule has 0 aliphatic rings. The zero-order valence-electron chi connectivity index (χ0n) is 42.5. The van der Waals surface area contributed by atoms with E-state index >= 15 is 0 Å². The Morgan fingerprint density at radius 1 is 0.210 bits per heavy atom. The molecule has 0 fully saturated rings. The van der Waals surface area contributed by atoms with E-state index in [4.69, 9.17) is 28.3 Å². The number of unbranched alkanes of at least 4 members (excludes halogenated alkanes) is 45. The molecule has 0 heterocycles. The topological polar surface area (TPSA) is 88.4 Å². The Morgan fingerprint density at radius 3 is 0.452 bits per heavy atom. The lowest BCUT2D eigenvalue weighted by Gasteiger charge is -2.17. The van der Waals surface area contributed by atoms with Gasteiger partial charge in [-0.2, -0.15) is 0 Å². The highest BCUT2D eigenvalue weighted by Gasteiger charge is 2.12. The first kappa shape index (κ1) is 64.7. The summed E-state index contributed by atoms with van der Waals surface area (Å²) in [6.07, 6.45) is 67.2. The molecule has 3 N–H and O–H groups in total. The Bertz CT molecular complexity index is 655. The van der Waals surface area contributed by atoms with E-state index in [0.29, 0.717) is 0 Å². The molecule has 62 heavy (non-hydrogen) atoms. The van der Waals surface area contributed by atoms with Crippen LogP contribution in [0.3, 0.4) is 0 Å². The molecule has 0 rings (SSSR count). The van der Waals surface area contributed by atoms with Crippen molar-refractivity contribution in [2.45, 2.75) is 329 Å². The fraction of sp³-hybridized carbons (Fsp3) is 1.00. The summed E-state index contributed by atoms with van der Waals surface area (Å²) in [7, 11) is -3.81. The molecule has 0 saturated carbocycles. The van der Waals surface area contributed by atoms with Crippen molar-refractivity contribution in [3.8, 4) is 0 Å². The second-order valence-electron chi connectivity index (χ2n) is 18.9. The molecule has 0 aromatic rings. The van der Waals surface area contributed by atoms with Gasteiger partial charge < -0.3 is 28.3 Å². The third-order valence-corrected chi connectivity index (χ3v) is 13.8. The summed E-state index contributed by atoms with van der Waals surface area (Å²) in [5, 5.41) is 0. The van der Waals surface area contributed by atoms with Crippen molar-refractivity contribution in [1.82, 2.24) is 0 Å². The van der Waals surface area contributed by atoms with Gasteiger partial charge in [0.15, 0.2) is 0 Å². The van der Waals surface area contributed by atoms with Gasteiger partial charge in [0.25, 0.3) is 0 Å². The van der Waals surface area contributed by atoms with E-state index < -0.39 is 17.2 Å². The van der Waals surface area contributed by atoms with Crippen LogP contribution in [0.2, 0.25) is 0 Å². The van der Waals surface area contributed by atoms with E-state index in [-0.39, 0.29) is 0 Å². The molecule has 0 saturated heterocycles. The summed E-state index contributed by atoms with van der Waals surface area (Å²) in [5.74, 6) is 0. The Hall–Kier alpha value is 0.620. The van der Waals surface area contributed by atoms with Crippen molar-refractivity contribution >= 4 is 17.2 Å². The molecule has 0 radical (unpaired) electrons. The van der Waals surface area contributed by atoms with Gasteiger partial charge >= 0.3 is 17.2 Å².